The predicted octanol–water partition coefficient (Wildman–Crippen LogP) is 7.78. The van der Waals surface area contributed by atoms with Crippen LogP contribution in [0.15, 0.2) is 109 Å². The zero-order valence-electron chi connectivity index (χ0n) is 19.8. The molecule has 0 atom stereocenters. The van der Waals surface area contributed by atoms with E-state index in [1.54, 1.807) is 0 Å². The second-order valence-corrected chi connectivity index (χ2v) is 9.18. The van der Waals surface area contributed by atoms with E-state index in [1.807, 2.05) is 66.7 Å². The molecule has 0 aliphatic carbocycles. The van der Waals surface area contributed by atoms with Crippen molar-refractivity contribution in [2.75, 3.05) is 0 Å². The molecule has 1 heterocycles. The molecule has 0 amide bonds. The fourth-order valence-corrected chi connectivity index (χ4v) is 5.41. The van der Waals surface area contributed by atoms with Gasteiger partial charge in [0.15, 0.2) is 0 Å². The molecule has 174 valence electrons. The number of hydrogen-bond donors (Lipinski definition) is 0. The Morgan fingerprint density at radius 2 is 1.22 bits per heavy atom. The lowest BCUT2D eigenvalue weighted by Crippen LogP contribution is -1.98. The van der Waals surface area contributed by atoms with Gasteiger partial charge in [0.25, 0.3) is 0 Å². The Kier molecular flexibility index (Phi) is 4.73. The van der Waals surface area contributed by atoms with Crippen molar-refractivity contribution < 1.29 is 9.59 Å². The normalized spacial score (nSPS) is 11.5. The maximum absolute atomic E-state index is 11.7. The first-order chi connectivity index (χ1) is 18.3. The molecular weight excluding hydrogens is 456 g/mol. The molecule has 6 aromatic carbocycles. The number of aldehydes is 2. The lowest BCUT2D eigenvalue weighted by Gasteiger charge is -2.14. The van der Waals surface area contributed by atoms with Gasteiger partial charge in [0.05, 0.1) is 11.0 Å². The van der Waals surface area contributed by atoms with Crippen LogP contribution in [0.2, 0.25) is 0 Å². The Bertz CT molecular complexity index is 2020. The van der Waals surface area contributed by atoms with E-state index in [-0.39, 0.29) is 0 Å². The molecule has 0 spiro atoms. The van der Waals surface area contributed by atoms with E-state index in [9.17, 15) is 9.59 Å². The molecule has 7 aromatic rings. The van der Waals surface area contributed by atoms with Crippen molar-refractivity contribution in [1.29, 1.82) is 0 Å². The van der Waals surface area contributed by atoms with E-state index < -0.39 is 0 Å². The quantitative estimate of drug-likeness (QED) is 0.193. The van der Waals surface area contributed by atoms with Crippen molar-refractivity contribution >= 4 is 55.9 Å². The van der Waals surface area contributed by atoms with E-state index in [0.717, 1.165) is 73.0 Å². The van der Waals surface area contributed by atoms with Crippen molar-refractivity contribution in [1.82, 2.24) is 9.55 Å². The number of para-hydroxylation sites is 1. The zero-order valence-corrected chi connectivity index (χ0v) is 19.8. The van der Waals surface area contributed by atoms with Crippen molar-refractivity contribution in [3.63, 3.8) is 0 Å². The maximum atomic E-state index is 11.7. The highest BCUT2D eigenvalue weighted by Gasteiger charge is 2.21. The molecular formula is C33H20N2O2. The average molecular weight is 477 g/mol. The lowest BCUT2D eigenvalue weighted by atomic mass is 9.97. The van der Waals surface area contributed by atoms with Gasteiger partial charge in [0.2, 0.25) is 0 Å². The molecule has 0 saturated heterocycles. The Morgan fingerprint density at radius 1 is 0.568 bits per heavy atom. The highest BCUT2D eigenvalue weighted by Crippen LogP contribution is 2.40. The Balaban J connectivity index is 1.74. The molecule has 4 heteroatoms. The van der Waals surface area contributed by atoms with Crippen molar-refractivity contribution in [3.05, 3.63) is 120 Å². The Hall–Kier alpha value is -5.09. The molecule has 7 rings (SSSR count). The minimum atomic E-state index is 0.585. The van der Waals surface area contributed by atoms with Gasteiger partial charge in [0, 0.05) is 33.2 Å². The predicted molar refractivity (Wildman–Crippen MR) is 150 cm³/mol. The summed E-state index contributed by atoms with van der Waals surface area (Å²) >= 11 is 0. The van der Waals surface area contributed by atoms with E-state index in [4.69, 9.17) is 4.98 Å². The average Bonchev–Trinajstić information content (AvgIpc) is 3.37. The van der Waals surface area contributed by atoms with Gasteiger partial charge in [0.1, 0.15) is 18.4 Å². The minimum Gasteiger partial charge on any atom is -0.298 e. The lowest BCUT2D eigenvalue weighted by molar-refractivity contribution is 0.111. The third kappa shape index (κ3) is 3.20. The molecule has 4 nitrogen and oxygen atoms in total. The number of aromatic nitrogens is 2. The minimum absolute atomic E-state index is 0.585. The molecule has 0 N–H and O–H groups in total. The maximum Gasteiger partial charge on any atom is 0.150 e. The fourth-order valence-electron chi connectivity index (χ4n) is 5.41. The number of carbonyl (C=O) groups excluding carboxylic acids is 2. The first kappa shape index (κ1) is 21.2. The molecule has 0 radical (unpaired) electrons. The Labute approximate surface area is 212 Å². The van der Waals surface area contributed by atoms with Crippen LogP contribution in [-0.4, -0.2) is 22.1 Å². The van der Waals surface area contributed by atoms with Crippen LogP contribution in [0, 0.1) is 0 Å². The summed E-state index contributed by atoms with van der Waals surface area (Å²) in [5.41, 5.74) is 5.02. The Morgan fingerprint density at radius 3 is 1.97 bits per heavy atom. The summed E-state index contributed by atoms with van der Waals surface area (Å²) in [7, 11) is 0. The topological polar surface area (TPSA) is 52.0 Å². The summed E-state index contributed by atoms with van der Waals surface area (Å²) in [6, 6.07) is 36.2. The third-order valence-corrected chi connectivity index (χ3v) is 7.08. The number of nitrogens with zero attached hydrogens (tertiary/aromatic N) is 2. The molecule has 0 bridgehead atoms. The smallest absolute Gasteiger partial charge is 0.150 e. The molecule has 0 aliphatic heterocycles. The van der Waals surface area contributed by atoms with Crippen molar-refractivity contribution in [3.8, 4) is 17.1 Å². The number of fused-ring (bicyclic) bond motifs is 7. The van der Waals surface area contributed by atoms with Crippen LogP contribution in [0.4, 0.5) is 0 Å². The first-order valence-electron chi connectivity index (χ1n) is 12.1. The van der Waals surface area contributed by atoms with Crippen molar-refractivity contribution in [2.24, 2.45) is 0 Å². The van der Waals surface area contributed by atoms with Gasteiger partial charge in [-0.05, 0) is 45.8 Å². The van der Waals surface area contributed by atoms with Crippen molar-refractivity contribution in [2.45, 2.75) is 0 Å². The van der Waals surface area contributed by atoms with E-state index in [0.29, 0.717) is 11.1 Å². The largest absolute Gasteiger partial charge is 0.298 e. The van der Waals surface area contributed by atoms with Crippen LogP contribution in [0.5, 0.6) is 0 Å². The van der Waals surface area contributed by atoms with Gasteiger partial charge in [-0.25, -0.2) is 4.98 Å². The second kappa shape index (κ2) is 8.25. The van der Waals surface area contributed by atoms with Gasteiger partial charge >= 0.3 is 0 Å². The SMILES string of the molecule is O=Cc1ccc2c(c1)c1cc(C=O)ccc1c1c2nc(-c2cccc3ccccc23)n1-c1ccccc1. The number of benzene rings is 6. The van der Waals surface area contributed by atoms with Gasteiger partial charge in [-0.2, -0.15) is 0 Å². The van der Waals surface area contributed by atoms with Gasteiger partial charge in [-0.3, -0.25) is 14.2 Å². The molecule has 0 fully saturated rings. The summed E-state index contributed by atoms with van der Waals surface area (Å²) in [4.78, 5) is 28.6. The van der Waals surface area contributed by atoms with Gasteiger partial charge in [-0.1, -0.05) is 84.9 Å². The summed E-state index contributed by atoms with van der Waals surface area (Å²) in [6.07, 6.45) is 1.71. The first-order valence-corrected chi connectivity index (χ1v) is 12.1. The highest BCUT2D eigenvalue weighted by molar-refractivity contribution is 6.25. The summed E-state index contributed by atoms with van der Waals surface area (Å²) in [5, 5.41) is 5.99. The van der Waals surface area contributed by atoms with Gasteiger partial charge in [-0.15, -0.1) is 0 Å². The zero-order chi connectivity index (χ0) is 24.9. The highest BCUT2D eigenvalue weighted by atomic mass is 16.1. The monoisotopic (exact) mass is 476 g/mol. The molecule has 37 heavy (non-hydrogen) atoms. The summed E-state index contributed by atoms with van der Waals surface area (Å²) in [5.74, 6) is 0.839. The molecule has 0 aliphatic rings. The third-order valence-electron chi connectivity index (χ3n) is 7.08. The number of rotatable bonds is 4. The van der Waals surface area contributed by atoms with E-state index in [1.165, 1.54) is 0 Å². The van der Waals surface area contributed by atoms with Crippen LogP contribution in [-0.2, 0) is 0 Å². The number of imidazole rings is 1. The number of carbonyl (C=O) groups is 2. The summed E-state index contributed by atoms with van der Waals surface area (Å²) in [6.45, 7) is 0. The van der Waals surface area contributed by atoms with Crippen LogP contribution in [0.3, 0.4) is 0 Å². The van der Waals surface area contributed by atoms with Crippen LogP contribution < -0.4 is 0 Å². The second-order valence-electron chi connectivity index (χ2n) is 9.18. The summed E-state index contributed by atoms with van der Waals surface area (Å²) < 4.78 is 2.22. The van der Waals surface area contributed by atoms with Crippen LogP contribution >= 0.6 is 0 Å². The molecule has 0 unspecified atom stereocenters. The molecule has 0 saturated carbocycles. The molecule has 1 aromatic heterocycles. The van der Waals surface area contributed by atoms with Gasteiger partial charge < -0.3 is 0 Å². The van der Waals surface area contributed by atoms with E-state index >= 15 is 0 Å². The van der Waals surface area contributed by atoms with Crippen LogP contribution in [0.1, 0.15) is 20.7 Å². The van der Waals surface area contributed by atoms with Crippen LogP contribution in [0.25, 0.3) is 60.4 Å². The number of hydrogen-bond acceptors (Lipinski definition) is 3. The standard InChI is InChI=1S/C33H20N2O2/c36-19-21-13-15-26-29(17-21)30-18-22(20-37)14-16-27(30)32-31(26)34-33(35(32)24-9-2-1-3-10-24)28-12-6-8-23-7-4-5-11-25(23)28/h1-20H. The fraction of sp³-hybridized carbons (Fsp3) is 0. The van der Waals surface area contributed by atoms with E-state index in [2.05, 4.69) is 47.0 Å².